The highest BCUT2D eigenvalue weighted by Crippen LogP contribution is 2.26. The van der Waals surface area contributed by atoms with Crippen LogP contribution in [0.5, 0.6) is 0 Å². The molecule has 104 valence electrons. The average molecular weight is 258 g/mol. The lowest BCUT2D eigenvalue weighted by Crippen LogP contribution is -2.58. The number of hydrogen-bond acceptors (Lipinski definition) is 2. The highest BCUT2D eigenvalue weighted by molar-refractivity contribution is 5.35. The van der Waals surface area contributed by atoms with Crippen LogP contribution in [0.4, 0.5) is 0 Å². The first-order valence-electron chi connectivity index (χ1n) is 7.78. The van der Waals surface area contributed by atoms with E-state index in [-0.39, 0.29) is 0 Å². The van der Waals surface area contributed by atoms with Crippen molar-refractivity contribution >= 4 is 0 Å². The second kappa shape index (κ2) is 5.26. The fraction of sp³-hybridized carbons (Fsp3) is 0.647. The number of piperazine rings is 1. The van der Waals surface area contributed by atoms with Crippen molar-refractivity contribution < 1.29 is 0 Å². The normalized spacial score (nSPS) is 27.5. The molecule has 19 heavy (non-hydrogen) atoms. The minimum Gasteiger partial charge on any atom is -0.314 e. The number of nitrogens with zero attached hydrogens (tertiary/aromatic N) is 1. The molecule has 1 atom stereocenters. The summed E-state index contributed by atoms with van der Waals surface area (Å²) in [7, 11) is 0. The van der Waals surface area contributed by atoms with Gasteiger partial charge >= 0.3 is 0 Å². The summed E-state index contributed by atoms with van der Waals surface area (Å²) < 4.78 is 0. The Kier molecular flexibility index (Phi) is 3.64. The Labute approximate surface area is 117 Å². The Balaban J connectivity index is 1.76. The van der Waals surface area contributed by atoms with Crippen molar-refractivity contribution in [1.29, 1.82) is 0 Å². The molecule has 2 nitrogen and oxygen atoms in total. The summed E-state index contributed by atoms with van der Waals surface area (Å²) >= 11 is 0. The first-order chi connectivity index (χ1) is 9.21. The summed E-state index contributed by atoms with van der Waals surface area (Å²) in [5.74, 6) is 0. The molecule has 1 unspecified atom stereocenters. The number of fused-ring (bicyclic) bond motifs is 1. The molecule has 3 rings (SSSR count). The Morgan fingerprint density at radius 1 is 1.26 bits per heavy atom. The quantitative estimate of drug-likeness (QED) is 0.897. The SMILES string of the molecule is CCC1(C)CNCCN1Cc1ccc2c(c1)CCC2. The van der Waals surface area contributed by atoms with Crippen LogP contribution >= 0.6 is 0 Å². The maximum atomic E-state index is 3.54. The number of rotatable bonds is 3. The molecular formula is C17H26N2. The molecule has 1 N–H and O–H groups in total. The first kappa shape index (κ1) is 13.1. The van der Waals surface area contributed by atoms with E-state index in [1.165, 1.54) is 37.8 Å². The maximum Gasteiger partial charge on any atom is 0.0307 e. The zero-order valence-corrected chi connectivity index (χ0v) is 12.3. The van der Waals surface area contributed by atoms with E-state index in [4.69, 9.17) is 0 Å². The average Bonchev–Trinajstić information content (AvgIpc) is 2.89. The van der Waals surface area contributed by atoms with Crippen LogP contribution in [0.2, 0.25) is 0 Å². The Morgan fingerprint density at radius 2 is 2.11 bits per heavy atom. The Hall–Kier alpha value is -0.860. The van der Waals surface area contributed by atoms with Crippen LogP contribution in [0, 0.1) is 0 Å². The van der Waals surface area contributed by atoms with Gasteiger partial charge in [0.2, 0.25) is 0 Å². The topological polar surface area (TPSA) is 15.3 Å². The standard InChI is InChI=1S/C17H26N2/c1-3-17(2)13-18-9-10-19(17)12-14-7-8-15-5-4-6-16(15)11-14/h7-8,11,18H,3-6,9-10,12-13H2,1-2H3. The molecule has 0 saturated carbocycles. The van der Waals surface area contributed by atoms with Crippen molar-refractivity contribution in [2.75, 3.05) is 19.6 Å². The zero-order chi connectivity index (χ0) is 13.3. The third kappa shape index (κ3) is 2.56. The molecule has 1 fully saturated rings. The molecule has 1 saturated heterocycles. The van der Waals surface area contributed by atoms with Gasteiger partial charge in [0.05, 0.1) is 0 Å². The summed E-state index contributed by atoms with van der Waals surface area (Å²) in [6, 6.07) is 7.17. The second-order valence-electron chi connectivity index (χ2n) is 6.41. The largest absolute Gasteiger partial charge is 0.314 e. The minimum atomic E-state index is 0.317. The number of aryl methyl sites for hydroxylation is 2. The second-order valence-corrected chi connectivity index (χ2v) is 6.41. The molecule has 2 aliphatic rings. The van der Waals surface area contributed by atoms with E-state index in [0.717, 1.165) is 19.6 Å². The minimum absolute atomic E-state index is 0.317. The lowest BCUT2D eigenvalue weighted by Gasteiger charge is -2.45. The van der Waals surface area contributed by atoms with Crippen LogP contribution in [0.1, 0.15) is 43.4 Å². The van der Waals surface area contributed by atoms with Crippen molar-refractivity contribution in [3.8, 4) is 0 Å². The molecule has 1 aliphatic carbocycles. The van der Waals surface area contributed by atoms with E-state index in [0.29, 0.717) is 5.54 Å². The van der Waals surface area contributed by atoms with Gasteiger partial charge in [-0.15, -0.1) is 0 Å². The van der Waals surface area contributed by atoms with Crippen molar-refractivity contribution in [3.63, 3.8) is 0 Å². The van der Waals surface area contributed by atoms with E-state index < -0.39 is 0 Å². The number of hydrogen-bond donors (Lipinski definition) is 1. The van der Waals surface area contributed by atoms with Crippen molar-refractivity contribution in [2.45, 2.75) is 51.6 Å². The summed E-state index contributed by atoms with van der Waals surface area (Å²) in [5, 5.41) is 3.54. The molecule has 0 spiro atoms. The molecule has 1 aliphatic heterocycles. The molecule has 2 heteroatoms. The summed E-state index contributed by atoms with van der Waals surface area (Å²) in [6.45, 7) is 9.23. The highest BCUT2D eigenvalue weighted by atomic mass is 15.2. The summed E-state index contributed by atoms with van der Waals surface area (Å²) in [6.07, 6.45) is 5.13. The predicted octanol–water partition coefficient (Wildman–Crippen LogP) is 2.75. The van der Waals surface area contributed by atoms with Gasteiger partial charge in [0.15, 0.2) is 0 Å². The first-order valence-corrected chi connectivity index (χ1v) is 7.78. The van der Waals surface area contributed by atoms with Gasteiger partial charge in [0.25, 0.3) is 0 Å². The van der Waals surface area contributed by atoms with E-state index in [9.17, 15) is 0 Å². The smallest absolute Gasteiger partial charge is 0.0307 e. The summed E-state index contributed by atoms with van der Waals surface area (Å²) in [4.78, 5) is 2.67. The van der Waals surface area contributed by atoms with Crippen LogP contribution in [-0.4, -0.2) is 30.1 Å². The third-order valence-corrected chi connectivity index (χ3v) is 5.13. The van der Waals surface area contributed by atoms with Gasteiger partial charge in [0.1, 0.15) is 0 Å². The van der Waals surface area contributed by atoms with Crippen LogP contribution in [0.3, 0.4) is 0 Å². The van der Waals surface area contributed by atoms with Gasteiger partial charge in [-0.3, -0.25) is 4.90 Å². The van der Waals surface area contributed by atoms with Crippen LogP contribution in [0.15, 0.2) is 18.2 Å². The van der Waals surface area contributed by atoms with Crippen LogP contribution in [0.25, 0.3) is 0 Å². The Bertz CT molecular complexity index is 455. The van der Waals surface area contributed by atoms with Gasteiger partial charge in [0, 0.05) is 31.7 Å². The third-order valence-electron chi connectivity index (χ3n) is 5.13. The fourth-order valence-corrected chi connectivity index (χ4v) is 3.52. The van der Waals surface area contributed by atoms with Crippen LogP contribution < -0.4 is 5.32 Å². The maximum absolute atomic E-state index is 3.54. The zero-order valence-electron chi connectivity index (χ0n) is 12.3. The van der Waals surface area contributed by atoms with Crippen molar-refractivity contribution in [3.05, 3.63) is 34.9 Å². The van der Waals surface area contributed by atoms with Gasteiger partial charge < -0.3 is 5.32 Å². The molecular weight excluding hydrogens is 232 g/mol. The van der Waals surface area contributed by atoms with E-state index in [2.05, 4.69) is 42.3 Å². The fourth-order valence-electron chi connectivity index (χ4n) is 3.52. The molecule has 0 aromatic heterocycles. The lowest BCUT2D eigenvalue weighted by atomic mass is 9.93. The van der Waals surface area contributed by atoms with Crippen LogP contribution in [-0.2, 0) is 19.4 Å². The molecule has 1 heterocycles. The monoisotopic (exact) mass is 258 g/mol. The van der Waals surface area contributed by atoms with Gasteiger partial charge in [-0.05, 0) is 49.3 Å². The predicted molar refractivity (Wildman–Crippen MR) is 80.4 cm³/mol. The van der Waals surface area contributed by atoms with Crippen molar-refractivity contribution in [1.82, 2.24) is 10.2 Å². The highest BCUT2D eigenvalue weighted by Gasteiger charge is 2.32. The summed E-state index contributed by atoms with van der Waals surface area (Å²) in [5.41, 5.74) is 5.01. The Morgan fingerprint density at radius 3 is 2.95 bits per heavy atom. The van der Waals surface area contributed by atoms with E-state index >= 15 is 0 Å². The van der Waals surface area contributed by atoms with Gasteiger partial charge in [-0.25, -0.2) is 0 Å². The number of benzene rings is 1. The molecule has 0 amide bonds. The van der Waals surface area contributed by atoms with E-state index in [1.54, 1.807) is 11.1 Å². The van der Waals surface area contributed by atoms with Gasteiger partial charge in [-0.2, -0.15) is 0 Å². The van der Waals surface area contributed by atoms with Gasteiger partial charge in [-0.1, -0.05) is 25.1 Å². The molecule has 0 radical (unpaired) electrons. The van der Waals surface area contributed by atoms with Crippen molar-refractivity contribution in [2.24, 2.45) is 0 Å². The molecule has 1 aromatic rings. The molecule has 0 bridgehead atoms. The van der Waals surface area contributed by atoms with E-state index in [1.807, 2.05) is 0 Å². The lowest BCUT2D eigenvalue weighted by molar-refractivity contribution is 0.0637. The number of nitrogens with one attached hydrogen (secondary N) is 1. The molecule has 1 aromatic carbocycles.